The number of unbranched alkanes of at least 4 members (excludes halogenated alkanes) is 2. The van der Waals surface area contributed by atoms with Crippen molar-refractivity contribution in [3.8, 4) is 11.8 Å². The molecule has 0 aromatic carbocycles. The van der Waals surface area contributed by atoms with Crippen LogP contribution >= 0.6 is 11.6 Å². The van der Waals surface area contributed by atoms with Crippen LogP contribution < -0.4 is 0 Å². The summed E-state index contributed by atoms with van der Waals surface area (Å²) in [7, 11) is -2.46. The van der Waals surface area contributed by atoms with Crippen molar-refractivity contribution in [2.75, 3.05) is 5.88 Å². The molecule has 1 aliphatic heterocycles. The molecule has 1 aliphatic rings. The summed E-state index contributed by atoms with van der Waals surface area (Å²) in [6, 6.07) is 0. The Kier molecular flexibility index (Phi) is 10.2. The fraction of sp³-hybridized carbons (Fsp3) is 0.929. The van der Waals surface area contributed by atoms with Crippen LogP contribution in [0, 0.1) is 33.5 Å². The van der Waals surface area contributed by atoms with Gasteiger partial charge in [0.05, 0.1) is 22.7 Å². The van der Waals surface area contributed by atoms with Gasteiger partial charge >= 0.3 is 9.53 Å². The molecule has 0 aliphatic carbocycles. The minimum atomic E-state index is -2.46. The lowest BCUT2D eigenvalue weighted by molar-refractivity contribution is -0.201. The summed E-state index contributed by atoms with van der Waals surface area (Å²) >= 11 is 5.82. The summed E-state index contributed by atoms with van der Waals surface area (Å²) in [6.45, 7) is 29.2. The normalized spacial score (nSPS) is 28.2. The van der Waals surface area contributed by atoms with E-state index >= 15 is 0 Å². The van der Waals surface area contributed by atoms with E-state index in [2.05, 4.69) is 102 Å². The third kappa shape index (κ3) is 8.83. The third-order valence-electron chi connectivity index (χ3n) is 7.53. The SMILES string of the molecule is CC(C)(C)C[C@H](O[SiH]1OC(C)(C(C)(C)C)CC(C)(C(C)(C)C)O1)C(C)(C)C#CCCCCCl. The van der Waals surface area contributed by atoms with Gasteiger partial charge in [0.25, 0.3) is 0 Å². The van der Waals surface area contributed by atoms with Crippen LogP contribution in [-0.4, -0.2) is 32.7 Å². The Morgan fingerprint density at radius 2 is 1.36 bits per heavy atom. The molecule has 0 aromatic rings. The van der Waals surface area contributed by atoms with E-state index in [9.17, 15) is 0 Å². The van der Waals surface area contributed by atoms with Gasteiger partial charge in [0.1, 0.15) is 0 Å². The molecule has 0 bridgehead atoms. The second kappa shape index (κ2) is 10.9. The predicted molar refractivity (Wildman–Crippen MR) is 145 cm³/mol. The zero-order chi connectivity index (χ0) is 25.9. The largest absolute Gasteiger partial charge is 0.485 e. The fourth-order valence-corrected chi connectivity index (χ4v) is 6.73. The molecule has 3 nitrogen and oxygen atoms in total. The lowest BCUT2D eigenvalue weighted by Gasteiger charge is -2.57. The minimum absolute atomic E-state index is 0.0326. The maximum atomic E-state index is 6.86. The Bertz CT molecular complexity index is 661. The maximum absolute atomic E-state index is 6.86. The van der Waals surface area contributed by atoms with Gasteiger partial charge < -0.3 is 13.3 Å². The Balaban J connectivity index is 3.28. The van der Waals surface area contributed by atoms with E-state index in [1.807, 2.05) is 0 Å². The molecule has 0 spiro atoms. The molecule has 5 heteroatoms. The zero-order valence-electron chi connectivity index (χ0n) is 24.0. The molecule has 0 N–H and O–H groups in total. The van der Waals surface area contributed by atoms with E-state index in [4.69, 9.17) is 24.9 Å². The molecule has 1 saturated heterocycles. The molecule has 194 valence electrons. The van der Waals surface area contributed by atoms with Crippen LogP contribution in [0.4, 0.5) is 0 Å². The highest BCUT2D eigenvalue weighted by Crippen LogP contribution is 2.51. The average molecular weight is 501 g/mol. The molecular weight excluding hydrogens is 448 g/mol. The van der Waals surface area contributed by atoms with Crippen LogP contribution in [0.5, 0.6) is 0 Å². The van der Waals surface area contributed by atoms with Crippen molar-refractivity contribution in [2.24, 2.45) is 21.7 Å². The lowest BCUT2D eigenvalue weighted by Crippen LogP contribution is -2.64. The van der Waals surface area contributed by atoms with Crippen molar-refractivity contribution < 1.29 is 13.3 Å². The van der Waals surface area contributed by atoms with Crippen molar-refractivity contribution in [1.29, 1.82) is 0 Å². The molecule has 0 amide bonds. The lowest BCUT2D eigenvalue weighted by atomic mass is 9.66. The minimum Gasteiger partial charge on any atom is -0.371 e. The number of halogens is 1. The van der Waals surface area contributed by atoms with Gasteiger partial charge in [0.2, 0.25) is 0 Å². The Labute approximate surface area is 213 Å². The average Bonchev–Trinajstić information content (AvgIpc) is 2.57. The van der Waals surface area contributed by atoms with E-state index < -0.39 is 9.53 Å². The number of hydrogen-bond donors (Lipinski definition) is 0. The van der Waals surface area contributed by atoms with E-state index in [1.54, 1.807) is 0 Å². The van der Waals surface area contributed by atoms with Crippen LogP contribution in [0.1, 0.15) is 122 Å². The smallest absolute Gasteiger partial charge is 0.371 e. The van der Waals surface area contributed by atoms with Gasteiger partial charge in [-0.25, -0.2) is 0 Å². The number of hydrogen-bond acceptors (Lipinski definition) is 3. The molecule has 2 unspecified atom stereocenters. The highest BCUT2D eigenvalue weighted by molar-refractivity contribution is 6.37. The molecule has 33 heavy (non-hydrogen) atoms. The van der Waals surface area contributed by atoms with Crippen molar-refractivity contribution in [2.45, 2.75) is 139 Å². The van der Waals surface area contributed by atoms with Crippen molar-refractivity contribution in [1.82, 2.24) is 0 Å². The monoisotopic (exact) mass is 500 g/mol. The van der Waals surface area contributed by atoms with Gasteiger partial charge in [-0.3, -0.25) is 0 Å². The van der Waals surface area contributed by atoms with Gasteiger partial charge in [-0.15, -0.1) is 17.5 Å². The highest BCUT2D eigenvalue weighted by atomic mass is 35.5. The highest BCUT2D eigenvalue weighted by Gasteiger charge is 2.56. The first-order chi connectivity index (χ1) is 14.7. The molecule has 1 rings (SSSR count). The zero-order valence-corrected chi connectivity index (χ0v) is 25.9. The van der Waals surface area contributed by atoms with E-state index in [0.29, 0.717) is 5.88 Å². The number of alkyl halides is 1. The maximum Gasteiger partial charge on any atom is 0.485 e. The molecular formula is C28H53ClO3Si. The predicted octanol–water partition coefficient (Wildman–Crippen LogP) is 8.01. The molecule has 1 heterocycles. The van der Waals surface area contributed by atoms with Gasteiger partial charge in [-0.1, -0.05) is 68.2 Å². The van der Waals surface area contributed by atoms with Gasteiger partial charge in [0, 0.05) is 18.7 Å². The Hall–Kier alpha value is -0.0531. The van der Waals surface area contributed by atoms with Crippen LogP contribution in [-0.2, 0) is 13.3 Å². The van der Waals surface area contributed by atoms with E-state index in [1.165, 1.54) is 0 Å². The second-order valence-electron chi connectivity index (χ2n) is 14.2. The molecule has 0 radical (unpaired) electrons. The van der Waals surface area contributed by atoms with Gasteiger partial charge in [-0.2, -0.15) is 0 Å². The first-order valence-electron chi connectivity index (χ1n) is 12.7. The van der Waals surface area contributed by atoms with Crippen LogP contribution in [0.2, 0.25) is 0 Å². The summed E-state index contributed by atoms with van der Waals surface area (Å²) in [5, 5.41) is 0. The van der Waals surface area contributed by atoms with Gasteiger partial charge in [0.15, 0.2) is 0 Å². The summed E-state index contributed by atoms with van der Waals surface area (Å²) in [5.74, 6) is 7.61. The topological polar surface area (TPSA) is 27.7 Å². The third-order valence-corrected chi connectivity index (χ3v) is 9.78. The summed E-state index contributed by atoms with van der Waals surface area (Å²) in [6.07, 6.45) is 4.58. The van der Waals surface area contributed by atoms with Crippen molar-refractivity contribution in [3.63, 3.8) is 0 Å². The van der Waals surface area contributed by atoms with E-state index in [0.717, 1.165) is 32.1 Å². The van der Waals surface area contributed by atoms with Gasteiger partial charge in [-0.05, 0) is 63.2 Å². The quantitative estimate of drug-likeness (QED) is 0.153. The van der Waals surface area contributed by atoms with Crippen LogP contribution in [0.3, 0.4) is 0 Å². The summed E-state index contributed by atoms with van der Waals surface area (Å²) in [4.78, 5) is 0. The molecule has 1 fully saturated rings. The molecule has 0 saturated carbocycles. The second-order valence-corrected chi connectivity index (χ2v) is 15.9. The Morgan fingerprint density at radius 3 is 1.76 bits per heavy atom. The van der Waals surface area contributed by atoms with Crippen molar-refractivity contribution >= 4 is 21.1 Å². The standard InChI is InChI=1S/C28H53ClO3Si/c1-23(2,3)20-22(26(10,11)18-16-14-15-17-19-29)30-33-31-27(12,24(4,5)6)21-28(13,32-33)25(7,8)9/h22,33H,14-15,17,19-21H2,1-13H3/t22-,27?,28?,33?/m0/s1. The van der Waals surface area contributed by atoms with Crippen LogP contribution in [0.25, 0.3) is 0 Å². The first-order valence-corrected chi connectivity index (χ1v) is 14.7. The first kappa shape index (κ1) is 31.0. The molecule has 0 aromatic heterocycles. The summed E-state index contributed by atoms with van der Waals surface area (Å²) in [5.41, 5.74) is -0.917. The number of rotatable bonds is 7. The van der Waals surface area contributed by atoms with Crippen molar-refractivity contribution in [3.05, 3.63) is 0 Å². The molecule has 3 atom stereocenters. The van der Waals surface area contributed by atoms with E-state index in [-0.39, 0.29) is 39.0 Å². The van der Waals surface area contributed by atoms with Crippen LogP contribution in [0.15, 0.2) is 0 Å². The summed E-state index contributed by atoms with van der Waals surface area (Å²) < 4.78 is 20.4. The Morgan fingerprint density at radius 1 is 0.879 bits per heavy atom. The fourth-order valence-electron chi connectivity index (χ4n) is 3.96.